The Labute approximate surface area is 86.2 Å². The zero-order valence-electron chi connectivity index (χ0n) is 9.43. The summed E-state index contributed by atoms with van der Waals surface area (Å²) in [5, 5.41) is 0. The van der Waals surface area contributed by atoms with Gasteiger partial charge in [-0.3, -0.25) is 4.57 Å². The van der Waals surface area contributed by atoms with E-state index in [4.69, 9.17) is 19.2 Å². The zero-order valence-corrected chi connectivity index (χ0v) is 10.3. The molecule has 0 saturated carbocycles. The minimum Gasteiger partial charge on any atom is -0.756 e. The van der Waals surface area contributed by atoms with Crippen molar-refractivity contribution in [2.75, 3.05) is 27.7 Å². The molecule has 0 rings (SSSR count). The molecule has 6 heteroatoms. The van der Waals surface area contributed by atoms with Crippen LogP contribution >= 0.6 is 7.82 Å². The van der Waals surface area contributed by atoms with Crippen LogP contribution in [0.1, 0.15) is 26.2 Å². The second-order valence-corrected chi connectivity index (χ2v) is 5.19. The van der Waals surface area contributed by atoms with Gasteiger partial charge < -0.3 is 19.2 Å². The van der Waals surface area contributed by atoms with Gasteiger partial charge in [0, 0.05) is 0 Å². The molecule has 88 valence electrons. The first-order chi connectivity index (χ1) is 6.06. The molecule has 0 aromatic carbocycles. The minimum atomic E-state index is -4.89. The molecule has 0 radical (unpaired) electrons. The summed E-state index contributed by atoms with van der Waals surface area (Å²) in [6, 6.07) is 0. The monoisotopic (exact) mass is 227 g/mol. The Bertz CT molecular complexity index is 164. The summed E-state index contributed by atoms with van der Waals surface area (Å²) in [7, 11) is 1.85. The Kier molecular flexibility index (Phi) is 8.69. The van der Waals surface area contributed by atoms with E-state index in [0.29, 0.717) is 0 Å². The quantitative estimate of drug-likeness (QED) is 0.412. The van der Waals surface area contributed by atoms with Crippen molar-refractivity contribution in [1.29, 1.82) is 0 Å². The highest BCUT2D eigenvalue weighted by Gasteiger charge is 2.03. The molecule has 0 aromatic rings. The lowest BCUT2D eigenvalue weighted by molar-refractivity contribution is -0.870. The topological polar surface area (TPSA) is 80.6 Å². The second-order valence-electron chi connectivity index (χ2n) is 4.21. The molecule has 0 aliphatic carbocycles. The molecule has 0 spiro atoms. The van der Waals surface area contributed by atoms with E-state index in [1.807, 2.05) is 0 Å². The lowest BCUT2D eigenvalue weighted by atomic mass is 10.2. The molecule has 0 atom stereocenters. The van der Waals surface area contributed by atoms with E-state index in [-0.39, 0.29) is 0 Å². The lowest BCUT2D eigenvalue weighted by Gasteiger charge is -2.23. The van der Waals surface area contributed by atoms with Crippen LogP contribution in [0.25, 0.3) is 0 Å². The van der Waals surface area contributed by atoms with Crippen LogP contribution in [0.4, 0.5) is 0 Å². The predicted molar refractivity (Wildman–Crippen MR) is 54.5 cm³/mol. The molecular weight excluding hydrogens is 205 g/mol. The first-order valence-corrected chi connectivity index (χ1v) is 6.16. The van der Waals surface area contributed by atoms with E-state index in [1.54, 1.807) is 0 Å². The van der Waals surface area contributed by atoms with Gasteiger partial charge in [0.2, 0.25) is 0 Å². The van der Waals surface area contributed by atoms with Crippen LogP contribution in [-0.2, 0) is 4.57 Å². The third-order valence-electron chi connectivity index (χ3n) is 1.43. The van der Waals surface area contributed by atoms with Gasteiger partial charge in [-0.2, -0.15) is 0 Å². The van der Waals surface area contributed by atoms with Crippen molar-refractivity contribution in [3.63, 3.8) is 0 Å². The normalized spacial score (nSPS) is 11.9. The van der Waals surface area contributed by atoms with Crippen molar-refractivity contribution < 1.29 is 23.7 Å². The summed E-state index contributed by atoms with van der Waals surface area (Å²) < 4.78 is 9.88. The molecule has 0 unspecified atom stereocenters. The van der Waals surface area contributed by atoms with Crippen LogP contribution in [0.2, 0.25) is 0 Å². The molecule has 0 bridgehead atoms. The predicted octanol–water partition coefficient (Wildman–Crippen LogP) is 0.322. The van der Waals surface area contributed by atoms with Crippen molar-refractivity contribution in [1.82, 2.24) is 0 Å². The molecule has 5 nitrogen and oxygen atoms in total. The Morgan fingerprint density at radius 3 is 1.79 bits per heavy atom. The standard InChI is InChI=1S/C8H20N.H3O4P/c1-5-6-7-8-9(2,3)4;1-5(2,3)4/h5-8H2,1-4H3;(H3,1,2,3,4)/q+1;/p-1. The average Bonchev–Trinajstić information content (AvgIpc) is 1.80. The Morgan fingerprint density at radius 1 is 1.21 bits per heavy atom. The van der Waals surface area contributed by atoms with Crippen molar-refractivity contribution in [2.24, 2.45) is 0 Å². The Hall–Kier alpha value is 0.0700. The van der Waals surface area contributed by atoms with Gasteiger partial charge in [0.25, 0.3) is 7.82 Å². The molecule has 2 N–H and O–H groups in total. The van der Waals surface area contributed by atoms with Crippen molar-refractivity contribution in [2.45, 2.75) is 26.2 Å². The fraction of sp³-hybridized carbons (Fsp3) is 1.00. The number of unbranched alkanes of at least 4 members (excludes halogenated alkanes) is 2. The van der Waals surface area contributed by atoms with E-state index in [2.05, 4.69) is 28.1 Å². The molecule has 0 amide bonds. The third-order valence-corrected chi connectivity index (χ3v) is 1.43. The average molecular weight is 227 g/mol. The number of nitrogens with zero attached hydrogens (tertiary/aromatic N) is 1. The summed E-state index contributed by atoms with van der Waals surface area (Å²) in [4.78, 5) is 22.9. The Morgan fingerprint density at radius 2 is 1.57 bits per heavy atom. The van der Waals surface area contributed by atoms with Gasteiger partial charge >= 0.3 is 0 Å². The number of hydrogen-bond donors (Lipinski definition) is 2. The maximum atomic E-state index is 8.77. The van der Waals surface area contributed by atoms with E-state index in [1.165, 1.54) is 25.8 Å². The van der Waals surface area contributed by atoms with Gasteiger partial charge in [0.05, 0.1) is 27.7 Å². The summed E-state index contributed by atoms with van der Waals surface area (Å²) in [6.07, 6.45) is 4.09. The molecule has 0 aromatic heterocycles. The first-order valence-electron chi connectivity index (χ1n) is 4.63. The van der Waals surface area contributed by atoms with Crippen LogP contribution in [0.15, 0.2) is 0 Å². The van der Waals surface area contributed by atoms with Crippen molar-refractivity contribution in [3.05, 3.63) is 0 Å². The van der Waals surface area contributed by atoms with Gasteiger partial charge in [0.1, 0.15) is 0 Å². The summed E-state index contributed by atoms with van der Waals surface area (Å²) in [5.74, 6) is 0. The zero-order chi connectivity index (χ0) is 11.8. The smallest absolute Gasteiger partial charge is 0.262 e. The highest BCUT2D eigenvalue weighted by atomic mass is 31.2. The maximum Gasteiger partial charge on any atom is 0.262 e. The highest BCUT2D eigenvalue weighted by molar-refractivity contribution is 7.43. The van der Waals surface area contributed by atoms with Crippen LogP contribution in [-0.4, -0.2) is 42.0 Å². The molecule has 0 saturated heterocycles. The summed E-state index contributed by atoms with van der Waals surface area (Å²) in [6.45, 7) is 3.56. The van der Waals surface area contributed by atoms with Crippen LogP contribution in [0.5, 0.6) is 0 Å². The lowest BCUT2D eigenvalue weighted by Crippen LogP contribution is -2.35. The van der Waals surface area contributed by atoms with Gasteiger partial charge in [0.15, 0.2) is 0 Å². The number of phosphoric acid groups is 1. The van der Waals surface area contributed by atoms with E-state index in [0.717, 1.165) is 4.48 Å². The van der Waals surface area contributed by atoms with Gasteiger partial charge in [-0.05, 0) is 12.8 Å². The molecule has 0 aliphatic rings. The van der Waals surface area contributed by atoms with E-state index >= 15 is 0 Å². The van der Waals surface area contributed by atoms with Crippen LogP contribution in [0, 0.1) is 0 Å². The van der Waals surface area contributed by atoms with Gasteiger partial charge in [-0.1, -0.05) is 13.3 Å². The third kappa shape index (κ3) is 40.1. The largest absolute Gasteiger partial charge is 0.756 e. The number of hydrogen-bond acceptors (Lipinski definition) is 2. The number of rotatable bonds is 4. The molecular formula is C8H22NO4P. The molecule has 14 heavy (non-hydrogen) atoms. The van der Waals surface area contributed by atoms with Crippen molar-refractivity contribution >= 4 is 7.82 Å². The molecule has 0 fully saturated rings. The first kappa shape index (κ1) is 16.5. The Balaban J connectivity index is 0. The van der Waals surface area contributed by atoms with Gasteiger partial charge in [-0.25, -0.2) is 0 Å². The fourth-order valence-corrected chi connectivity index (χ4v) is 0.836. The van der Waals surface area contributed by atoms with E-state index in [9.17, 15) is 0 Å². The summed E-state index contributed by atoms with van der Waals surface area (Å²) >= 11 is 0. The van der Waals surface area contributed by atoms with Crippen molar-refractivity contribution in [3.8, 4) is 0 Å². The SMILES string of the molecule is CCCCC[N+](C)(C)C.O=P([O-])(O)O. The van der Waals surface area contributed by atoms with Crippen LogP contribution < -0.4 is 4.89 Å². The van der Waals surface area contributed by atoms with Crippen LogP contribution in [0.3, 0.4) is 0 Å². The molecule has 0 heterocycles. The van der Waals surface area contributed by atoms with Gasteiger partial charge in [-0.15, -0.1) is 0 Å². The highest BCUT2D eigenvalue weighted by Crippen LogP contribution is 2.18. The summed E-state index contributed by atoms with van der Waals surface area (Å²) in [5.41, 5.74) is 0. The van der Waals surface area contributed by atoms with E-state index < -0.39 is 7.82 Å². The minimum absolute atomic E-state index is 1.11. The second kappa shape index (κ2) is 7.37. The maximum absolute atomic E-state index is 8.77. The molecule has 0 aliphatic heterocycles. The fourth-order valence-electron chi connectivity index (χ4n) is 0.836. The number of quaternary nitrogens is 1.